The van der Waals surface area contributed by atoms with E-state index in [2.05, 4.69) is 40.2 Å². The Labute approximate surface area is 122 Å². The van der Waals surface area contributed by atoms with Crippen molar-refractivity contribution in [3.05, 3.63) is 35.0 Å². The minimum atomic E-state index is -1.07. The van der Waals surface area contributed by atoms with E-state index in [9.17, 15) is 4.79 Å². The van der Waals surface area contributed by atoms with Crippen molar-refractivity contribution in [1.29, 1.82) is 0 Å². The fourth-order valence-electron chi connectivity index (χ4n) is 2.75. The quantitative estimate of drug-likeness (QED) is 0.901. The normalized spacial score (nSPS) is 15.2. The predicted molar refractivity (Wildman–Crippen MR) is 78.0 cm³/mol. The molecule has 6 heteroatoms. The number of nitrogens with zero attached hydrogens (tertiary/aromatic N) is 3. The number of carboxylic acids is 1. The van der Waals surface area contributed by atoms with Gasteiger partial charge in [-0.15, -0.1) is 5.10 Å². The Kier molecular flexibility index (Phi) is 3.47. The standard InChI is InChI=1S/C15H18N4O2/c1-9(2)19-6-5-10-3-4-11(7-12(10)8-19)13-14(15(20)21)17-18-16-13/h3-4,7,9H,5-6,8H2,1-2H3,(H,20,21)(H,16,17,18). The Balaban J connectivity index is 1.98. The molecule has 0 amide bonds. The number of hydrogen-bond donors (Lipinski definition) is 2. The lowest BCUT2D eigenvalue weighted by molar-refractivity contribution is 0.0691. The van der Waals surface area contributed by atoms with E-state index in [4.69, 9.17) is 5.11 Å². The second kappa shape index (κ2) is 5.29. The van der Waals surface area contributed by atoms with Gasteiger partial charge in [0.2, 0.25) is 0 Å². The summed E-state index contributed by atoms with van der Waals surface area (Å²) in [7, 11) is 0. The lowest BCUT2D eigenvalue weighted by Gasteiger charge is -2.32. The van der Waals surface area contributed by atoms with Crippen LogP contribution in [0.15, 0.2) is 18.2 Å². The summed E-state index contributed by atoms with van der Waals surface area (Å²) in [4.78, 5) is 13.6. The molecule has 0 saturated heterocycles. The van der Waals surface area contributed by atoms with E-state index in [0.717, 1.165) is 25.1 Å². The molecule has 0 saturated carbocycles. The van der Waals surface area contributed by atoms with Gasteiger partial charge in [-0.3, -0.25) is 4.90 Å². The summed E-state index contributed by atoms with van der Waals surface area (Å²) in [5.74, 6) is -1.07. The first-order valence-electron chi connectivity index (χ1n) is 7.06. The smallest absolute Gasteiger partial charge is 0.358 e. The second-order valence-electron chi connectivity index (χ2n) is 5.62. The average molecular weight is 286 g/mol. The lowest BCUT2D eigenvalue weighted by atomic mass is 9.95. The van der Waals surface area contributed by atoms with E-state index < -0.39 is 5.97 Å². The minimum Gasteiger partial charge on any atom is -0.476 e. The molecular weight excluding hydrogens is 268 g/mol. The van der Waals surface area contributed by atoms with Gasteiger partial charge in [-0.2, -0.15) is 10.3 Å². The summed E-state index contributed by atoms with van der Waals surface area (Å²) >= 11 is 0. The van der Waals surface area contributed by atoms with Crippen LogP contribution in [-0.2, 0) is 13.0 Å². The van der Waals surface area contributed by atoms with E-state index in [1.807, 2.05) is 12.1 Å². The Hall–Kier alpha value is -2.21. The zero-order valence-corrected chi connectivity index (χ0v) is 12.1. The number of aromatic carboxylic acids is 1. The molecule has 0 unspecified atom stereocenters. The van der Waals surface area contributed by atoms with Crippen LogP contribution in [0.1, 0.15) is 35.5 Å². The van der Waals surface area contributed by atoms with Crippen molar-refractivity contribution in [3.8, 4) is 11.3 Å². The molecule has 1 aliphatic heterocycles. The van der Waals surface area contributed by atoms with E-state index in [0.29, 0.717) is 11.7 Å². The molecule has 2 heterocycles. The molecule has 6 nitrogen and oxygen atoms in total. The Morgan fingerprint density at radius 2 is 2.14 bits per heavy atom. The van der Waals surface area contributed by atoms with Crippen LogP contribution in [0.5, 0.6) is 0 Å². The second-order valence-corrected chi connectivity index (χ2v) is 5.62. The van der Waals surface area contributed by atoms with E-state index in [1.54, 1.807) is 0 Å². The van der Waals surface area contributed by atoms with Crippen LogP contribution in [0.2, 0.25) is 0 Å². The molecule has 0 bridgehead atoms. The number of benzene rings is 1. The van der Waals surface area contributed by atoms with Gasteiger partial charge in [0, 0.05) is 24.7 Å². The summed E-state index contributed by atoms with van der Waals surface area (Å²) < 4.78 is 0. The van der Waals surface area contributed by atoms with Crippen LogP contribution >= 0.6 is 0 Å². The molecule has 0 aliphatic carbocycles. The lowest BCUT2D eigenvalue weighted by Crippen LogP contribution is -2.35. The van der Waals surface area contributed by atoms with Crippen LogP contribution in [0.3, 0.4) is 0 Å². The Morgan fingerprint density at radius 1 is 1.33 bits per heavy atom. The van der Waals surface area contributed by atoms with Crippen LogP contribution < -0.4 is 0 Å². The molecule has 21 heavy (non-hydrogen) atoms. The highest BCUT2D eigenvalue weighted by molar-refractivity contribution is 5.92. The SMILES string of the molecule is CC(C)N1CCc2ccc(-c3n[nH]nc3C(=O)O)cc2C1. The molecular formula is C15H18N4O2. The molecule has 0 radical (unpaired) electrons. The Morgan fingerprint density at radius 3 is 2.86 bits per heavy atom. The van der Waals surface area contributed by atoms with Gasteiger partial charge >= 0.3 is 5.97 Å². The zero-order chi connectivity index (χ0) is 15.0. The highest BCUT2D eigenvalue weighted by atomic mass is 16.4. The van der Waals surface area contributed by atoms with E-state index in [-0.39, 0.29) is 5.69 Å². The van der Waals surface area contributed by atoms with Gasteiger partial charge in [0.1, 0.15) is 5.69 Å². The van der Waals surface area contributed by atoms with Crippen molar-refractivity contribution in [3.63, 3.8) is 0 Å². The highest BCUT2D eigenvalue weighted by Crippen LogP contribution is 2.27. The van der Waals surface area contributed by atoms with Crippen LogP contribution in [0, 0.1) is 0 Å². The third-order valence-corrected chi connectivity index (χ3v) is 4.00. The molecule has 1 aromatic heterocycles. The van der Waals surface area contributed by atoms with Gasteiger partial charge < -0.3 is 5.11 Å². The summed E-state index contributed by atoms with van der Waals surface area (Å²) in [5, 5.41) is 19.2. The molecule has 0 fully saturated rings. The first kappa shape index (κ1) is 13.8. The molecule has 2 aromatic rings. The number of fused-ring (bicyclic) bond motifs is 1. The predicted octanol–water partition coefficient (Wildman–Crippen LogP) is 1.94. The fraction of sp³-hybridized carbons (Fsp3) is 0.400. The molecule has 1 aromatic carbocycles. The number of hydrogen-bond acceptors (Lipinski definition) is 4. The molecule has 3 rings (SSSR count). The van der Waals surface area contributed by atoms with Gasteiger partial charge in [0.25, 0.3) is 0 Å². The third kappa shape index (κ3) is 2.54. The van der Waals surface area contributed by atoms with Gasteiger partial charge in [-0.1, -0.05) is 12.1 Å². The number of aromatic amines is 1. The van der Waals surface area contributed by atoms with Gasteiger partial charge in [-0.25, -0.2) is 4.79 Å². The highest BCUT2D eigenvalue weighted by Gasteiger charge is 2.21. The monoisotopic (exact) mass is 286 g/mol. The first-order chi connectivity index (χ1) is 10.1. The topological polar surface area (TPSA) is 82.1 Å². The molecule has 1 aliphatic rings. The first-order valence-corrected chi connectivity index (χ1v) is 7.06. The van der Waals surface area contributed by atoms with E-state index in [1.165, 1.54) is 11.1 Å². The van der Waals surface area contributed by atoms with Crippen LogP contribution in [0.4, 0.5) is 0 Å². The van der Waals surface area contributed by atoms with Crippen molar-refractivity contribution >= 4 is 5.97 Å². The van der Waals surface area contributed by atoms with Gasteiger partial charge in [0.05, 0.1) is 0 Å². The number of carbonyl (C=O) groups is 1. The van der Waals surface area contributed by atoms with Crippen molar-refractivity contribution in [1.82, 2.24) is 20.3 Å². The maximum absolute atomic E-state index is 11.2. The van der Waals surface area contributed by atoms with Crippen molar-refractivity contribution in [2.24, 2.45) is 0 Å². The van der Waals surface area contributed by atoms with E-state index >= 15 is 0 Å². The molecule has 110 valence electrons. The molecule has 2 N–H and O–H groups in total. The molecule has 0 spiro atoms. The van der Waals surface area contributed by atoms with Gasteiger partial charge in [-0.05, 0) is 37.5 Å². The average Bonchev–Trinajstić information content (AvgIpc) is 2.95. The largest absolute Gasteiger partial charge is 0.476 e. The third-order valence-electron chi connectivity index (χ3n) is 4.00. The summed E-state index contributed by atoms with van der Waals surface area (Å²) in [6.07, 6.45) is 1.03. The summed E-state index contributed by atoms with van der Waals surface area (Å²) in [6.45, 7) is 6.33. The van der Waals surface area contributed by atoms with Crippen molar-refractivity contribution in [2.75, 3.05) is 6.54 Å². The van der Waals surface area contributed by atoms with Crippen molar-refractivity contribution < 1.29 is 9.90 Å². The number of aromatic nitrogens is 3. The summed E-state index contributed by atoms with van der Waals surface area (Å²) in [6, 6.07) is 6.54. The van der Waals surface area contributed by atoms with Crippen LogP contribution in [-0.4, -0.2) is 44.0 Å². The number of H-pyrrole nitrogens is 1. The maximum Gasteiger partial charge on any atom is 0.358 e. The fourth-order valence-corrected chi connectivity index (χ4v) is 2.75. The Bertz CT molecular complexity index is 678. The minimum absolute atomic E-state index is 0.0357. The van der Waals surface area contributed by atoms with Crippen LogP contribution in [0.25, 0.3) is 11.3 Å². The van der Waals surface area contributed by atoms with Crippen molar-refractivity contribution in [2.45, 2.75) is 32.9 Å². The molecule has 0 atom stereocenters. The maximum atomic E-state index is 11.2. The number of rotatable bonds is 3. The number of carboxylic acid groups (broad SMARTS) is 1. The zero-order valence-electron chi connectivity index (χ0n) is 12.1. The van der Waals surface area contributed by atoms with Gasteiger partial charge in [0.15, 0.2) is 5.69 Å². The number of nitrogens with one attached hydrogen (secondary N) is 1. The summed E-state index contributed by atoms with van der Waals surface area (Å²) in [5.41, 5.74) is 3.73.